The molecule has 0 aliphatic heterocycles. The largest absolute Gasteiger partial charge is 0.345 e. The van der Waals surface area contributed by atoms with Gasteiger partial charge in [0.15, 0.2) is 5.13 Å². The van der Waals surface area contributed by atoms with Gasteiger partial charge in [0.05, 0.1) is 16.1 Å². The number of thiazole rings is 1. The highest BCUT2D eigenvalue weighted by Crippen LogP contribution is 2.31. The molecule has 0 saturated carbocycles. The molecule has 0 unspecified atom stereocenters. The van der Waals surface area contributed by atoms with Crippen molar-refractivity contribution in [3.63, 3.8) is 0 Å². The molecule has 0 atom stereocenters. The Hall–Kier alpha value is -2.25. The van der Waals surface area contributed by atoms with Crippen LogP contribution >= 0.6 is 22.9 Å². The number of aromatic nitrogens is 2. The minimum atomic E-state index is -0.465. The van der Waals surface area contributed by atoms with Crippen LogP contribution in [0.5, 0.6) is 0 Å². The third-order valence-electron chi connectivity index (χ3n) is 2.62. The van der Waals surface area contributed by atoms with Crippen molar-refractivity contribution in [2.45, 2.75) is 0 Å². The van der Waals surface area contributed by atoms with Crippen molar-refractivity contribution < 1.29 is 4.92 Å². The molecule has 6 nitrogen and oxygen atoms in total. The molecular weight excluding hydrogens is 300 g/mol. The summed E-state index contributed by atoms with van der Waals surface area (Å²) in [6.07, 6.45) is 2.87. The van der Waals surface area contributed by atoms with Gasteiger partial charge in [0, 0.05) is 16.6 Å². The summed E-state index contributed by atoms with van der Waals surface area (Å²) in [6.45, 7) is 0. The lowest BCUT2D eigenvalue weighted by Crippen LogP contribution is -1.91. The van der Waals surface area contributed by atoms with Gasteiger partial charge in [-0.1, -0.05) is 11.6 Å². The lowest BCUT2D eigenvalue weighted by molar-refractivity contribution is -0.380. The van der Waals surface area contributed by atoms with Crippen LogP contribution in [-0.4, -0.2) is 14.9 Å². The fourth-order valence-corrected chi connectivity index (χ4v) is 2.56. The molecule has 0 aliphatic rings. The van der Waals surface area contributed by atoms with Gasteiger partial charge in [0.1, 0.15) is 6.20 Å². The van der Waals surface area contributed by atoms with Crippen LogP contribution in [0.15, 0.2) is 36.7 Å². The number of halogens is 1. The van der Waals surface area contributed by atoms with Crippen LogP contribution in [0.25, 0.3) is 10.9 Å². The lowest BCUT2D eigenvalue weighted by Gasteiger charge is -2.06. The predicted octanol–water partition coefficient (Wildman–Crippen LogP) is 4.00. The molecular formula is C12H7ClN4O2S. The fraction of sp³-hybridized carbons (Fsp3) is 0. The Balaban J connectivity index is 1.99. The zero-order valence-electron chi connectivity index (χ0n) is 9.91. The van der Waals surface area contributed by atoms with Gasteiger partial charge in [-0.3, -0.25) is 15.1 Å². The normalized spacial score (nSPS) is 10.7. The summed E-state index contributed by atoms with van der Waals surface area (Å²) in [5, 5.41) is 15.6. The van der Waals surface area contributed by atoms with Crippen molar-refractivity contribution in [1.82, 2.24) is 9.97 Å². The SMILES string of the molecule is O=[N+]([O-])c1cnc(Nc2ccnc3cc(Cl)ccc23)s1. The molecule has 1 N–H and O–H groups in total. The number of hydrogen-bond acceptors (Lipinski definition) is 6. The summed E-state index contributed by atoms with van der Waals surface area (Å²) in [7, 11) is 0. The van der Waals surface area contributed by atoms with E-state index in [1.807, 2.05) is 6.07 Å². The second-order valence-corrected chi connectivity index (χ2v) is 5.35. The Morgan fingerprint density at radius 3 is 2.90 bits per heavy atom. The number of benzene rings is 1. The van der Waals surface area contributed by atoms with Crippen LogP contribution in [0.2, 0.25) is 5.02 Å². The minimum Gasteiger partial charge on any atom is -0.331 e. The molecule has 0 bridgehead atoms. The summed E-state index contributed by atoms with van der Waals surface area (Å²) in [5.74, 6) is 0. The van der Waals surface area contributed by atoms with E-state index in [-0.39, 0.29) is 5.00 Å². The molecule has 100 valence electrons. The maximum absolute atomic E-state index is 10.6. The molecule has 0 amide bonds. The Morgan fingerprint density at radius 1 is 1.30 bits per heavy atom. The Morgan fingerprint density at radius 2 is 2.15 bits per heavy atom. The number of nitrogens with one attached hydrogen (secondary N) is 1. The summed E-state index contributed by atoms with van der Waals surface area (Å²) < 4.78 is 0. The molecule has 2 aromatic heterocycles. The van der Waals surface area contributed by atoms with Gasteiger partial charge in [0.25, 0.3) is 0 Å². The third kappa shape index (κ3) is 2.40. The van der Waals surface area contributed by atoms with Crippen LogP contribution in [0.3, 0.4) is 0 Å². The first kappa shape index (κ1) is 12.8. The molecule has 1 aromatic carbocycles. The summed E-state index contributed by atoms with van der Waals surface area (Å²) in [6, 6.07) is 7.14. The van der Waals surface area contributed by atoms with Crippen molar-refractivity contribution in [3.8, 4) is 0 Å². The van der Waals surface area contributed by atoms with E-state index in [1.165, 1.54) is 6.20 Å². The number of nitro groups is 1. The van der Waals surface area contributed by atoms with E-state index >= 15 is 0 Å². The summed E-state index contributed by atoms with van der Waals surface area (Å²) in [5.41, 5.74) is 1.52. The summed E-state index contributed by atoms with van der Waals surface area (Å²) in [4.78, 5) is 18.4. The fourth-order valence-electron chi connectivity index (χ4n) is 1.75. The van der Waals surface area contributed by atoms with Gasteiger partial charge in [-0.05, 0) is 35.6 Å². The van der Waals surface area contributed by atoms with Crippen LogP contribution in [0.1, 0.15) is 0 Å². The molecule has 0 fully saturated rings. The van der Waals surface area contributed by atoms with Gasteiger partial charge in [0.2, 0.25) is 0 Å². The first-order valence-electron chi connectivity index (χ1n) is 5.55. The Bertz CT molecular complexity index is 805. The van der Waals surface area contributed by atoms with Gasteiger partial charge in [-0.2, -0.15) is 0 Å². The van der Waals surface area contributed by atoms with E-state index in [4.69, 9.17) is 11.6 Å². The number of nitrogens with zero attached hydrogens (tertiary/aromatic N) is 3. The molecule has 2 heterocycles. The quantitative estimate of drug-likeness (QED) is 0.584. The van der Waals surface area contributed by atoms with Crippen LogP contribution in [0.4, 0.5) is 15.8 Å². The van der Waals surface area contributed by atoms with Crippen molar-refractivity contribution >= 4 is 49.7 Å². The maximum atomic E-state index is 10.6. The van der Waals surface area contributed by atoms with Gasteiger partial charge in [-0.15, -0.1) is 0 Å². The van der Waals surface area contributed by atoms with E-state index in [9.17, 15) is 10.1 Å². The minimum absolute atomic E-state index is 0.00564. The second-order valence-electron chi connectivity index (χ2n) is 3.91. The van der Waals surface area contributed by atoms with Crippen LogP contribution < -0.4 is 5.32 Å². The second kappa shape index (κ2) is 5.03. The van der Waals surface area contributed by atoms with Crippen LogP contribution in [0, 0.1) is 10.1 Å². The zero-order chi connectivity index (χ0) is 14.1. The van der Waals surface area contributed by atoms with E-state index in [1.54, 1.807) is 24.4 Å². The molecule has 0 aliphatic carbocycles. The van der Waals surface area contributed by atoms with Crippen molar-refractivity contribution in [2.24, 2.45) is 0 Å². The van der Waals surface area contributed by atoms with Crippen molar-refractivity contribution in [1.29, 1.82) is 0 Å². The highest BCUT2D eigenvalue weighted by molar-refractivity contribution is 7.18. The van der Waals surface area contributed by atoms with Gasteiger partial charge in [-0.25, -0.2) is 4.98 Å². The predicted molar refractivity (Wildman–Crippen MR) is 78.8 cm³/mol. The topological polar surface area (TPSA) is 81.0 Å². The number of hydrogen-bond donors (Lipinski definition) is 1. The molecule has 3 aromatic rings. The standard InChI is InChI=1S/C12H7ClN4O2S/c13-7-1-2-8-9(3-4-14-10(8)5-7)16-12-15-6-11(20-12)17(18)19/h1-6H,(H,14,15,16). The molecule has 0 spiro atoms. The maximum Gasteiger partial charge on any atom is 0.345 e. The zero-order valence-corrected chi connectivity index (χ0v) is 11.5. The molecule has 8 heteroatoms. The lowest BCUT2D eigenvalue weighted by atomic mass is 10.2. The van der Waals surface area contributed by atoms with Crippen molar-refractivity contribution in [2.75, 3.05) is 5.32 Å². The number of rotatable bonds is 3. The molecule has 0 radical (unpaired) electrons. The summed E-state index contributed by atoms with van der Waals surface area (Å²) >= 11 is 6.90. The average molecular weight is 307 g/mol. The molecule has 3 rings (SSSR count). The van der Waals surface area contributed by atoms with E-state index in [2.05, 4.69) is 15.3 Å². The Labute approximate surface area is 122 Å². The number of pyridine rings is 1. The van der Waals surface area contributed by atoms with Gasteiger partial charge < -0.3 is 5.32 Å². The van der Waals surface area contributed by atoms with E-state index in [0.29, 0.717) is 10.2 Å². The average Bonchev–Trinajstić information content (AvgIpc) is 2.87. The van der Waals surface area contributed by atoms with Crippen molar-refractivity contribution in [3.05, 3.63) is 51.8 Å². The number of fused-ring (bicyclic) bond motifs is 1. The molecule has 20 heavy (non-hydrogen) atoms. The van der Waals surface area contributed by atoms with E-state index < -0.39 is 4.92 Å². The highest BCUT2D eigenvalue weighted by atomic mass is 35.5. The first-order chi connectivity index (χ1) is 9.63. The highest BCUT2D eigenvalue weighted by Gasteiger charge is 2.12. The third-order valence-corrected chi connectivity index (χ3v) is 3.72. The van der Waals surface area contributed by atoms with E-state index in [0.717, 1.165) is 27.9 Å². The first-order valence-corrected chi connectivity index (χ1v) is 6.74. The smallest absolute Gasteiger partial charge is 0.331 e. The molecule has 0 saturated heterocycles. The Kier molecular flexibility index (Phi) is 3.21. The van der Waals surface area contributed by atoms with Gasteiger partial charge >= 0.3 is 5.00 Å². The monoisotopic (exact) mass is 306 g/mol. The number of anilines is 2. The van der Waals surface area contributed by atoms with Crippen LogP contribution in [-0.2, 0) is 0 Å².